The third kappa shape index (κ3) is 4.55. The van der Waals surface area contributed by atoms with Crippen molar-refractivity contribution in [2.24, 2.45) is 0 Å². The van der Waals surface area contributed by atoms with Gasteiger partial charge in [-0.2, -0.15) is 0 Å². The molecule has 0 amide bonds. The highest BCUT2D eigenvalue weighted by molar-refractivity contribution is 6.12. The lowest BCUT2D eigenvalue weighted by Crippen LogP contribution is -2.14. The zero-order valence-electron chi connectivity index (χ0n) is 16.8. The van der Waals surface area contributed by atoms with Crippen LogP contribution >= 0.6 is 0 Å². The van der Waals surface area contributed by atoms with Gasteiger partial charge in [-0.1, -0.05) is 30.3 Å². The van der Waals surface area contributed by atoms with Crippen LogP contribution in [-0.2, 0) is 0 Å². The number of carbonyl (C=O) groups is 2. The summed E-state index contributed by atoms with van der Waals surface area (Å²) in [6, 6.07) is 6.43. The maximum Gasteiger partial charge on any atom is 0.200 e. The number of carbonyl (C=O) groups excluding carboxylic acids is 2. The number of halogens is 10. The van der Waals surface area contributed by atoms with Crippen LogP contribution in [0.15, 0.2) is 36.4 Å². The molecule has 3 aromatic rings. The topological polar surface area (TPSA) is 34.1 Å². The van der Waals surface area contributed by atoms with Crippen LogP contribution in [0.25, 0.3) is 5.57 Å². The molecule has 0 heterocycles. The maximum absolute atomic E-state index is 14.0. The van der Waals surface area contributed by atoms with E-state index in [0.717, 1.165) is 0 Å². The number of hydrogen-bond acceptors (Lipinski definition) is 2. The van der Waals surface area contributed by atoms with Crippen LogP contribution in [0.1, 0.15) is 32.7 Å². The fourth-order valence-corrected chi connectivity index (χ4v) is 3.05. The van der Waals surface area contributed by atoms with Gasteiger partial charge in [-0.15, -0.1) is 0 Å². The minimum Gasteiger partial charge on any atom is -0.294 e. The van der Waals surface area contributed by atoms with Gasteiger partial charge in [-0.25, -0.2) is 43.9 Å². The molecule has 0 aliphatic heterocycles. The van der Waals surface area contributed by atoms with Crippen LogP contribution < -0.4 is 0 Å². The van der Waals surface area contributed by atoms with Gasteiger partial charge in [0.1, 0.15) is 0 Å². The molecule has 2 nitrogen and oxygen atoms in total. The van der Waals surface area contributed by atoms with Crippen LogP contribution in [-0.4, -0.2) is 11.6 Å². The first-order valence-electron chi connectivity index (χ1n) is 9.24. The molecule has 3 aromatic carbocycles. The van der Waals surface area contributed by atoms with E-state index in [1.165, 1.54) is 30.3 Å². The summed E-state index contributed by atoms with van der Waals surface area (Å²) in [5.74, 6) is -28.2. The molecular formula is C23H8F10O2. The van der Waals surface area contributed by atoms with Crippen molar-refractivity contribution in [3.8, 4) is 0 Å². The number of hydrogen-bond donors (Lipinski definition) is 0. The van der Waals surface area contributed by atoms with Gasteiger partial charge in [0.15, 0.2) is 58.1 Å². The molecule has 0 spiro atoms. The minimum absolute atomic E-state index is 0.109. The van der Waals surface area contributed by atoms with Crippen molar-refractivity contribution in [3.05, 3.63) is 111 Å². The van der Waals surface area contributed by atoms with Crippen molar-refractivity contribution < 1.29 is 53.5 Å². The zero-order chi connectivity index (χ0) is 26.2. The lowest BCUT2D eigenvalue weighted by molar-refractivity contribution is 0.0987. The molecule has 0 aliphatic carbocycles. The monoisotopic (exact) mass is 506 g/mol. The Morgan fingerprint density at radius 2 is 0.914 bits per heavy atom. The summed E-state index contributed by atoms with van der Waals surface area (Å²) in [4.78, 5) is 24.9. The van der Waals surface area contributed by atoms with Gasteiger partial charge in [-0.3, -0.25) is 9.59 Å². The van der Waals surface area contributed by atoms with Crippen molar-refractivity contribution in [2.45, 2.75) is 6.42 Å². The van der Waals surface area contributed by atoms with Crippen LogP contribution in [0.2, 0.25) is 0 Å². The van der Waals surface area contributed by atoms with Crippen LogP contribution in [0.4, 0.5) is 43.9 Å². The Balaban J connectivity index is 2.15. The van der Waals surface area contributed by atoms with Gasteiger partial charge in [0.05, 0.1) is 11.1 Å². The van der Waals surface area contributed by atoms with Gasteiger partial charge in [0.25, 0.3) is 0 Å². The van der Waals surface area contributed by atoms with Crippen LogP contribution in [0.3, 0.4) is 0 Å². The predicted octanol–water partition coefficient (Wildman–Crippen LogP) is 6.62. The lowest BCUT2D eigenvalue weighted by atomic mass is 9.94. The average molecular weight is 506 g/mol. The van der Waals surface area contributed by atoms with Crippen LogP contribution in [0.5, 0.6) is 0 Å². The second-order valence-electron chi connectivity index (χ2n) is 6.89. The number of Topliss-reactive ketones (excluding diaryl/α,β-unsaturated/α-hetero) is 1. The molecule has 0 atom stereocenters. The van der Waals surface area contributed by atoms with Crippen molar-refractivity contribution in [3.63, 3.8) is 0 Å². The van der Waals surface area contributed by atoms with Crippen molar-refractivity contribution in [1.82, 2.24) is 0 Å². The number of rotatable bonds is 6. The van der Waals surface area contributed by atoms with E-state index >= 15 is 0 Å². The average Bonchev–Trinajstić information content (AvgIpc) is 2.84. The number of allylic oxidation sites excluding steroid dienone is 2. The fourth-order valence-electron chi connectivity index (χ4n) is 3.05. The molecule has 0 bridgehead atoms. The third-order valence-electron chi connectivity index (χ3n) is 4.75. The zero-order valence-corrected chi connectivity index (χ0v) is 16.8. The van der Waals surface area contributed by atoms with Crippen LogP contribution in [0, 0.1) is 58.2 Å². The Kier molecular flexibility index (Phi) is 7.13. The van der Waals surface area contributed by atoms with E-state index in [4.69, 9.17) is 0 Å². The summed E-state index contributed by atoms with van der Waals surface area (Å²) in [5.41, 5.74) is -4.44. The normalized spacial score (nSPS) is 11.7. The van der Waals surface area contributed by atoms with Gasteiger partial charge in [-0.05, 0) is 17.2 Å². The Morgan fingerprint density at radius 3 is 1.34 bits per heavy atom. The van der Waals surface area contributed by atoms with Gasteiger partial charge in [0.2, 0.25) is 11.6 Å². The van der Waals surface area contributed by atoms with Crippen molar-refractivity contribution in [1.29, 1.82) is 0 Å². The molecule has 0 saturated heterocycles. The molecule has 0 N–H and O–H groups in total. The molecule has 0 aliphatic rings. The largest absolute Gasteiger partial charge is 0.294 e. The second kappa shape index (κ2) is 9.72. The molecule has 0 radical (unpaired) electrons. The smallest absolute Gasteiger partial charge is 0.200 e. The summed E-state index contributed by atoms with van der Waals surface area (Å²) < 4.78 is 137. The van der Waals surface area contributed by atoms with E-state index in [1.807, 2.05) is 0 Å². The predicted molar refractivity (Wildman–Crippen MR) is 100 cm³/mol. The first-order valence-corrected chi connectivity index (χ1v) is 9.24. The quantitative estimate of drug-likeness (QED) is 0.124. The first kappa shape index (κ1) is 25.7. The van der Waals surface area contributed by atoms with E-state index in [0.29, 0.717) is 0 Å². The molecule has 35 heavy (non-hydrogen) atoms. The first-order chi connectivity index (χ1) is 16.4. The Bertz CT molecular complexity index is 1340. The standard InChI is InChI=1S/C23H8F10O2/c24-14-12(15(25)19(29)22(32)18(14)28)10(34)6-9(8-4-2-1-3-5-8)7-11(35)13-16(26)20(30)23(33)21(31)17(13)27/h1-6H,7H2/b9-6+. The van der Waals surface area contributed by atoms with E-state index in [1.54, 1.807) is 0 Å². The van der Waals surface area contributed by atoms with Crippen molar-refractivity contribution in [2.75, 3.05) is 0 Å². The Labute approximate surface area is 189 Å². The highest BCUT2D eigenvalue weighted by atomic mass is 19.2. The molecule has 0 fully saturated rings. The van der Waals surface area contributed by atoms with Gasteiger partial charge in [0, 0.05) is 6.42 Å². The SMILES string of the molecule is O=C(/C=C(\CC(=O)c1c(F)c(F)c(F)c(F)c1F)c1ccccc1)c1c(F)c(F)c(F)c(F)c1F. The minimum atomic E-state index is -2.54. The second-order valence-corrected chi connectivity index (χ2v) is 6.89. The molecular weight excluding hydrogens is 498 g/mol. The Morgan fingerprint density at radius 1 is 0.543 bits per heavy atom. The molecule has 0 unspecified atom stereocenters. The molecule has 182 valence electrons. The highest BCUT2D eigenvalue weighted by Crippen LogP contribution is 2.29. The van der Waals surface area contributed by atoms with Gasteiger partial charge < -0.3 is 0 Å². The summed E-state index contributed by atoms with van der Waals surface area (Å²) in [6.07, 6.45) is -1.01. The molecule has 12 heteroatoms. The van der Waals surface area contributed by atoms with E-state index < -0.39 is 92.9 Å². The summed E-state index contributed by atoms with van der Waals surface area (Å²) in [5, 5.41) is 0. The van der Waals surface area contributed by atoms with E-state index in [-0.39, 0.29) is 11.6 Å². The number of ketones is 2. The number of benzene rings is 3. The summed E-state index contributed by atoms with van der Waals surface area (Å²) in [7, 11) is 0. The summed E-state index contributed by atoms with van der Waals surface area (Å²) >= 11 is 0. The highest BCUT2D eigenvalue weighted by Gasteiger charge is 2.31. The third-order valence-corrected chi connectivity index (χ3v) is 4.75. The fraction of sp³-hybridized carbons (Fsp3) is 0.0435. The van der Waals surface area contributed by atoms with E-state index in [9.17, 15) is 53.5 Å². The maximum atomic E-state index is 14.0. The molecule has 0 saturated carbocycles. The Hall–Kier alpha value is -3.96. The van der Waals surface area contributed by atoms with Gasteiger partial charge >= 0.3 is 0 Å². The molecule has 3 rings (SSSR count). The summed E-state index contributed by atoms with van der Waals surface area (Å²) in [6.45, 7) is 0. The molecule has 0 aromatic heterocycles. The van der Waals surface area contributed by atoms with E-state index in [2.05, 4.69) is 0 Å². The van der Waals surface area contributed by atoms with Crippen molar-refractivity contribution >= 4 is 17.1 Å². The lowest BCUT2D eigenvalue weighted by Gasteiger charge is -2.11.